The van der Waals surface area contributed by atoms with Gasteiger partial charge in [-0.3, -0.25) is 0 Å². The Bertz CT molecular complexity index is 405. The van der Waals surface area contributed by atoms with Gasteiger partial charge in [0.1, 0.15) is 0 Å². The van der Waals surface area contributed by atoms with Gasteiger partial charge in [-0.1, -0.05) is 18.2 Å². The van der Waals surface area contributed by atoms with Crippen molar-refractivity contribution < 1.29 is 24.0 Å². The molecule has 3 atom stereocenters. The molecule has 0 aromatic heterocycles. The lowest BCUT2D eigenvalue weighted by Gasteiger charge is -2.24. The van der Waals surface area contributed by atoms with E-state index in [-0.39, 0.29) is 12.3 Å². The van der Waals surface area contributed by atoms with E-state index in [2.05, 4.69) is 0 Å². The Hall–Kier alpha value is -1.43. The van der Waals surface area contributed by atoms with Gasteiger partial charge >= 0.3 is 5.97 Å². The van der Waals surface area contributed by atoms with E-state index in [1.54, 1.807) is 24.3 Å². The maximum absolute atomic E-state index is 11.8. The van der Waals surface area contributed by atoms with Gasteiger partial charge in [-0.15, -0.1) is 0 Å². The highest BCUT2D eigenvalue weighted by Gasteiger charge is 2.42. The topological polar surface area (TPSA) is 54.0 Å². The monoisotopic (exact) mass is 236 g/mol. The summed E-state index contributed by atoms with van der Waals surface area (Å²) >= 11 is 0. The number of rotatable bonds is 2. The van der Waals surface area contributed by atoms with Crippen LogP contribution >= 0.6 is 0 Å². The summed E-state index contributed by atoms with van der Waals surface area (Å²) in [6, 6.07) is 8.85. The molecule has 1 aromatic carbocycles. The second-order valence-corrected chi connectivity index (χ2v) is 4.01. The second-order valence-electron chi connectivity index (χ2n) is 4.01. The summed E-state index contributed by atoms with van der Waals surface area (Å²) in [7, 11) is 0. The van der Waals surface area contributed by atoms with Gasteiger partial charge in [0.05, 0.1) is 5.56 Å². The van der Waals surface area contributed by atoms with Gasteiger partial charge < -0.3 is 9.47 Å². The van der Waals surface area contributed by atoms with Crippen LogP contribution in [-0.4, -0.2) is 24.7 Å². The molecule has 2 fully saturated rings. The normalized spacial score (nSPS) is 31.2. The van der Waals surface area contributed by atoms with E-state index in [1.165, 1.54) is 0 Å². The van der Waals surface area contributed by atoms with Crippen molar-refractivity contribution in [2.45, 2.75) is 31.5 Å². The lowest BCUT2D eigenvalue weighted by Crippen LogP contribution is -2.36. The molecule has 5 heteroatoms. The predicted octanol–water partition coefficient (Wildman–Crippen LogP) is 1.64. The van der Waals surface area contributed by atoms with E-state index < -0.39 is 12.4 Å². The number of hydrogen-bond acceptors (Lipinski definition) is 5. The summed E-state index contributed by atoms with van der Waals surface area (Å²) in [5, 5.41) is 0. The molecule has 0 N–H and O–H groups in total. The molecule has 0 unspecified atom stereocenters. The lowest BCUT2D eigenvalue weighted by atomic mass is 10.1. The van der Waals surface area contributed by atoms with E-state index in [0.717, 1.165) is 0 Å². The van der Waals surface area contributed by atoms with Crippen molar-refractivity contribution in [3.8, 4) is 0 Å². The van der Waals surface area contributed by atoms with E-state index in [9.17, 15) is 4.79 Å². The highest BCUT2D eigenvalue weighted by atomic mass is 17.3. The van der Waals surface area contributed by atoms with Crippen molar-refractivity contribution in [2.75, 3.05) is 0 Å². The molecular formula is C12H12O5. The fraction of sp³-hybridized carbons (Fsp3) is 0.417. The van der Waals surface area contributed by atoms with Crippen LogP contribution in [0.1, 0.15) is 23.2 Å². The summed E-state index contributed by atoms with van der Waals surface area (Å²) < 4.78 is 10.7. The molecular weight excluding hydrogens is 224 g/mol. The van der Waals surface area contributed by atoms with Gasteiger partial charge in [0.25, 0.3) is 0 Å². The van der Waals surface area contributed by atoms with E-state index in [4.69, 9.17) is 19.2 Å². The van der Waals surface area contributed by atoms with Crippen LogP contribution in [0.25, 0.3) is 0 Å². The molecule has 0 spiro atoms. The van der Waals surface area contributed by atoms with Gasteiger partial charge in [0.2, 0.25) is 6.29 Å². The summed E-state index contributed by atoms with van der Waals surface area (Å²) in [5.41, 5.74) is 0.522. The van der Waals surface area contributed by atoms with E-state index in [1.807, 2.05) is 6.07 Å². The number of benzene rings is 1. The van der Waals surface area contributed by atoms with E-state index >= 15 is 0 Å². The van der Waals surface area contributed by atoms with Gasteiger partial charge in [0.15, 0.2) is 12.4 Å². The van der Waals surface area contributed by atoms with Crippen molar-refractivity contribution in [1.82, 2.24) is 0 Å². The van der Waals surface area contributed by atoms with Crippen molar-refractivity contribution in [3.63, 3.8) is 0 Å². The quantitative estimate of drug-likeness (QED) is 0.577. The van der Waals surface area contributed by atoms with Crippen LogP contribution < -0.4 is 0 Å². The summed E-state index contributed by atoms with van der Waals surface area (Å²) in [4.78, 5) is 21.6. The minimum atomic E-state index is -0.596. The van der Waals surface area contributed by atoms with Crippen molar-refractivity contribution in [1.29, 1.82) is 0 Å². The van der Waals surface area contributed by atoms with Gasteiger partial charge in [-0.25, -0.2) is 9.68 Å². The molecule has 2 aliphatic heterocycles. The molecule has 0 radical (unpaired) electrons. The fourth-order valence-electron chi connectivity index (χ4n) is 1.91. The molecule has 0 amide bonds. The number of hydrogen-bond donors (Lipinski definition) is 0. The van der Waals surface area contributed by atoms with Gasteiger partial charge in [-0.2, -0.15) is 4.89 Å². The first-order valence-corrected chi connectivity index (χ1v) is 5.56. The maximum Gasteiger partial charge on any atom is 0.338 e. The Morgan fingerprint density at radius 3 is 2.82 bits per heavy atom. The SMILES string of the molecule is O=C(O[C@@H]1CC[C@H]2OO[C@@H]1O2)c1ccccc1. The summed E-state index contributed by atoms with van der Waals surface area (Å²) in [6.07, 6.45) is 0.0477. The maximum atomic E-state index is 11.8. The van der Waals surface area contributed by atoms with Gasteiger partial charge in [0, 0.05) is 6.42 Å². The van der Waals surface area contributed by atoms with Crippen LogP contribution in [-0.2, 0) is 19.2 Å². The minimum absolute atomic E-state index is 0.313. The molecule has 2 heterocycles. The Labute approximate surface area is 98.2 Å². The summed E-state index contributed by atoms with van der Waals surface area (Å²) in [5.74, 6) is -0.367. The van der Waals surface area contributed by atoms with Crippen LogP contribution in [0, 0.1) is 0 Å². The molecule has 3 rings (SSSR count). The molecule has 2 saturated heterocycles. The zero-order valence-corrected chi connectivity index (χ0v) is 9.07. The first kappa shape index (κ1) is 10.7. The molecule has 2 aliphatic rings. The zero-order valence-electron chi connectivity index (χ0n) is 9.07. The molecule has 1 aromatic rings. The van der Waals surface area contributed by atoms with Crippen LogP contribution in [0.2, 0.25) is 0 Å². The minimum Gasteiger partial charge on any atom is -0.453 e. The van der Waals surface area contributed by atoms with E-state index in [0.29, 0.717) is 18.4 Å². The largest absolute Gasteiger partial charge is 0.453 e. The highest BCUT2D eigenvalue weighted by Crippen LogP contribution is 2.30. The first-order chi connectivity index (χ1) is 8.33. The average Bonchev–Trinajstić information content (AvgIpc) is 2.77. The number of fused-ring (bicyclic) bond motifs is 2. The third-order valence-electron chi connectivity index (χ3n) is 2.80. The summed E-state index contributed by atoms with van der Waals surface area (Å²) in [6.45, 7) is 0. The number of carbonyl (C=O) groups is 1. The Morgan fingerprint density at radius 2 is 2.00 bits per heavy atom. The van der Waals surface area contributed by atoms with Crippen LogP contribution in [0.5, 0.6) is 0 Å². The molecule has 5 nitrogen and oxygen atoms in total. The van der Waals surface area contributed by atoms with Crippen LogP contribution in [0.4, 0.5) is 0 Å². The molecule has 2 bridgehead atoms. The zero-order chi connectivity index (χ0) is 11.7. The molecule has 17 heavy (non-hydrogen) atoms. The fourth-order valence-corrected chi connectivity index (χ4v) is 1.91. The van der Waals surface area contributed by atoms with Crippen LogP contribution in [0.3, 0.4) is 0 Å². The third-order valence-corrected chi connectivity index (χ3v) is 2.80. The standard InChI is InChI=1S/C12H12O5/c13-11(8-4-2-1-3-5-8)14-9-6-7-10-15-12(9)17-16-10/h1-5,9-10,12H,6-7H2/t9-,10-,12+/m1/s1. The average molecular weight is 236 g/mol. The number of carbonyl (C=O) groups excluding carboxylic acids is 1. The Morgan fingerprint density at radius 1 is 1.18 bits per heavy atom. The van der Waals surface area contributed by atoms with Crippen molar-refractivity contribution in [2.24, 2.45) is 0 Å². The smallest absolute Gasteiger partial charge is 0.338 e. The number of esters is 1. The van der Waals surface area contributed by atoms with Crippen molar-refractivity contribution >= 4 is 5.97 Å². The Balaban J connectivity index is 1.65. The van der Waals surface area contributed by atoms with Crippen LogP contribution in [0.15, 0.2) is 30.3 Å². The van der Waals surface area contributed by atoms with Crippen molar-refractivity contribution in [3.05, 3.63) is 35.9 Å². The predicted molar refractivity (Wildman–Crippen MR) is 55.7 cm³/mol. The molecule has 0 aliphatic carbocycles. The molecule has 90 valence electrons. The van der Waals surface area contributed by atoms with Gasteiger partial charge in [-0.05, 0) is 18.6 Å². The Kier molecular flexibility index (Phi) is 2.80. The molecule has 0 saturated carbocycles. The first-order valence-electron chi connectivity index (χ1n) is 5.56. The lowest BCUT2D eigenvalue weighted by molar-refractivity contribution is -0.298. The second kappa shape index (κ2) is 4.44. The number of ether oxygens (including phenoxy) is 2. The third kappa shape index (κ3) is 2.17. The highest BCUT2D eigenvalue weighted by molar-refractivity contribution is 5.89.